The fourth-order valence-corrected chi connectivity index (χ4v) is 6.18. The van der Waals surface area contributed by atoms with Crippen molar-refractivity contribution in [2.75, 3.05) is 0 Å². The standard InChI is InChI=1S/C24H18N2Se2/c1-3-9-21(10-4-1)27-23-16-14-19(15-17-23)25-26-20-8-7-13-24(18-20)28-22-11-5-2-6-12-22/h1-18H. The van der Waals surface area contributed by atoms with E-state index in [9.17, 15) is 0 Å². The Morgan fingerprint density at radius 3 is 1.54 bits per heavy atom. The van der Waals surface area contributed by atoms with Crippen molar-refractivity contribution >= 4 is 59.1 Å². The van der Waals surface area contributed by atoms with E-state index in [1.165, 1.54) is 17.8 Å². The molecule has 0 radical (unpaired) electrons. The van der Waals surface area contributed by atoms with E-state index in [4.69, 9.17) is 0 Å². The molecule has 4 heteroatoms. The number of benzene rings is 4. The molecule has 2 nitrogen and oxygen atoms in total. The van der Waals surface area contributed by atoms with Gasteiger partial charge in [0.1, 0.15) is 0 Å². The summed E-state index contributed by atoms with van der Waals surface area (Å²) in [6, 6.07) is 37.9. The van der Waals surface area contributed by atoms with Gasteiger partial charge in [0.25, 0.3) is 0 Å². The van der Waals surface area contributed by atoms with Crippen molar-refractivity contribution in [3.8, 4) is 0 Å². The summed E-state index contributed by atoms with van der Waals surface area (Å²) in [6.07, 6.45) is 0. The molecule has 0 bridgehead atoms. The van der Waals surface area contributed by atoms with Crippen LogP contribution in [0.15, 0.2) is 119 Å². The molecule has 0 saturated heterocycles. The van der Waals surface area contributed by atoms with Crippen LogP contribution in [0, 0.1) is 0 Å². The number of hydrogen-bond donors (Lipinski definition) is 0. The molecule has 0 aliphatic rings. The van der Waals surface area contributed by atoms with Crippen LogP contribution >= 0.6 is 0 Å². The van der Waals surface area contributed by atoms with Crippen molar-refractivity contribution in [3.63, 3.8) is 0 Å². The zero-order valence-corrected chi connectivity index (χ0v) is 18.5. The van der Waals surface area contributed by atoms with Crippen molar-refractivity contribution in [2.45, 2.75) is 0 Å². The molecule has 0 aromatic heterocycles. The van der Waals surface area contributed by atoms with Gasteiger partial charge < -0.3 is 0 Å². The van der Waals surface area contributed by atoms with Crippen molar-refractivity contribution in [3.05, 3.63) is 109 Å². The Kier molecular flexibility index (Phi) is 6.49. The van der Waals surface area contributed by atoms with Crippen LogP contribution in [0.4, 0.5) is 11.4 Å². The maximum atomic E-state index is 4.43. The van der Waals surface area contributed by atoms with Gasteiger partial charge in [0.05, 0.1) is 0 Å². The Balaban J connectivity index is 1.42. The second-order valence-corrected chi connectivity index (χ2v) is 10.8. The van der Waals surface area contributed by atoms with E-state index in [0.29, 0.717) is 15.0 Å². The molecule has 0 fully saturated rings. The van der Waals surface area contributed by atoms with Gasteiger partial charge >= 0.3 is 179 Å². The molecular weight excluding hydrogens is 474 g/mol. The van der Waals surface area contributed by atoms with E-state index < -0.39 is 0 Å². The molecule has 0 unspecified atom stereocenters. The summed E-state index contributed by atoms with van der Waals surface area (Å²) in [6.45, 7) is 0. The van der Waals surface area contributed by atoms with Crippen LogP contribution in [0.2, 0.25) is 0 Å². The van der Waals surface area contributed by atoms with Crippen LogP contribution in [0.1, 0.15) is 0 Å². The summed E-state index contributed by atoms with van der Waals surface area (Å²) < 4.78 is 5.38. The molecule has 0 amide bonds. The summed E-state index contributed by atoms with van der Waals surface area (Å²) >= 11 is 0.610. The molecule has 0 atom stereocenters. The molecule has 136 valence electrons. The minimum absolute atomic E-state index is 0.286. The van der Waals surface area contributed by atoms with E-state index in [1.54, 1.807) is 0 Å². The second-order valence-electron chi connectivity index (χ2n) is 6.02. The van der Waals surface area contributed by atoms with Gasteiger partial charge in [-0.15, -0.1) is 0 Å². The molecular formula is C24H18N2Se2. The minimum atomic E-state index is 0.286. The van der Waals surface area contributed by atoms with E-state index in [-0.39, 0.29) is 15.0 Å². The van der Waals surface area contributed by atoms with Crippen molar-refractivity contribution < 1.29 is 0 Å². The summed E-state index contributed by atoms with van der Waals surface area (Å²) in [5.74, 6) is 0. The third kappa shape index (κ3) is 5.51. The van der Waals surface area contributed by atoms with Crippen molar-refractivity contribution in [1.29, 1.82) is 0 Å². The Bertz CT molecular complexity index is 1050. The summed E-state index contributed by atoms with van der Waals surface area (Å²) in [5.41, 5.74) is 1.78. The molecule has 4 aromatic carbocycles. The molecule has 0 heterocycles. The normalized spacial score (nSPS) is 11.0. The molecule has 28 heavy (non-hydrogen) atoms. The van der Waals surface area contributed by atoms with Gasteiger partial charge in [-0.2, -0.15) is 0 Å². The average Bonchev–Trinajstić information content (AvgIpc) is 2.75. The number of rotatable bonds is 6. The van der Waals surface area contributed by atoms with Gasteiger partial charge in [-0.3, -0.25) is 0 Å². The Morgan fingerprint density at radius 2 is 0.893 bits per heavy atom. The van der Waals surface area contributed by atoms with Gasteiger partial charge in [0.15, 0.2) is 0 Å². The monoisotopic (exact) mass is 494 g/mol. The first-order valence-corrected chi connectivity index (χ1v) is 12.4. The quantitative estimate of drug-likeness (QED) is 0.291. The first-order chi connectivity index (χ1) is 13.8. The maximum absolute atomic E-state index is 4.43. The van der Waals surface area contributed by atoms with Gasteiger partial charge in [0.2, 0.25) is 0 Å². The third-order valence-electron chi connectivity index (χ3n) is 3.89. The van der Waals surface area contributed by atoms with Crippen LogP contribution in [-0.4, -0.2) is 29.9 Å². The summed E-state index contributed by atoms with van der Waals surface area (Å²) in [5, 5.41) is 8.84. The molecule has 0 N–H and O–H groups in total. The molecule has 4 rings (SSSR count). The molecule has 0 saturated carbocycles. The number of hydrogen-bond acceptors (Lipinski definition) is 2. The fourth-order valence-electron chi connectivity index (χ4n) is 2.55. The van der Waals surface area contributed by atoms with Crippen LogP contribution in [0.25, 0.3) is 0 Å². The van der Waals surface area contributed by atoms with Crippen LogP contribution in [0.5, 0.6) is 0 Å². The summed E-state index contributed by atoms with van der Waals surface area (Å²) in [7, 11) is 0. The van der Waals surface area contributed by atoms with E-state index in [2.05, 4.69) is 101 Å². The van der Waals surface area contributed by atoms with Crippen LogP contribution in [-0.2, 0) is 0 Å². The Labute approximate surface area is 178 Å². The molecule has 4 aromatic rings. The summed E-state index contributed by atoms with van der Waals surface area (Å²) in [4.78, 5) is 0. The number of azo groups is 1. The molecule has 0 aliphatic carbocycles. The van der Waals surface area contributed by atoms with Crippen LogP contribution < -0.4 is 17.8 Å². The second kappa shape index (κ2) is 9.63. The predicted octanol–water partition coefficient (Wildman–Crippen LogP) is 3.41. The zero-order chi connectivity index (χ0) is 19.0. The van der Waals surface area contributed by atoms with Crippen molar-refractivity contribution in [2.24, 2.45) is 10.2 Å². The van der Waals surface area contributed by atoms with Gasteiger partial charge in [0, 0.05) is 0 Å². The van der Waals surface area contributed by atoms with Crippen molar-refractivity contribution in [1.82, 2.24) is 0 Å². The Hall–Kier alpha value is -2.48. The molecule has 0 spiro atoms. The van der Waals surface area contributed by atoms with Gasteiger partial charge in [-0.1, -0.05) is 0 Å². The topological polar surface area (TPSA) is 24.7 Å². The van der Waals surface area contributed by atoms with Crippen LogP contribution in [0.3, 0.4) is 0 Å². The van der Waals surface area contributed by atoms with E-state index in [0.717, 1.165) is 11.4 Å². The third-order valence-corrected chi connectivity index (χ3v) is 8.12. The first-order valence-electron chi connectivity index (χ1n) is 8.93. The zero-order valence-electron chi connectivity index (χ0n) is 15.1. The first kappa shape index (κ1) is 18.9. The van der Waals surface area contributed by atoms with E-state index in [1.807, 2.05) is 18.2 Å². The van der Waals surface area contributed by atoms with Gasteiger partial charge in [-0.25, -0.2) is 0 Å². The average molecular weight is 492 g/mol. The Morgan fingerprint density at radius 1 is 0.393 bits per heavy atom. The molecule has 0 aliphatic heterocycles. The fraction of sp³-hybridized carbons (Fsp3) is 0. The van der Waals surface area contributed by atoms with Gasteiger partial charge in [-0.05, 0) is 0 Å². The number of nitrogens with zero attached hydrogens (tertiary/aromatic N) is 2. The SMILES string of the molecule is c1ccc([Se]c2ccc(N=Nc3cccc([Se]c4ccccc4)c3)cc2)cc1. The predicted molar refractivity (Wildman–Crippen MR) is 120 cm³/mol. The van der Waals surface area contributed by atoms with E-state index >= 15 is 0 Å².